The van der Waals surface area contributed by atoms with E-state index in [1.54, 1.807) is 21.3 Å². The molecule has 0 aliphatic carbocycles. The molecular weight excluding hydrogens is 282 g/mol. The summed E-state index contributed by atoms with van der Waals surface area (Å²) in [6.45, 7) is 1.08. The molecule has 0 bridgehead atoms. The Bertz CT molecular complexity index is 451. The summed E-state index contributed by atoms with van der Waals surface area (Å²) >= 11 is 0. The topological polar surface area (TPSA) is 48.0 Å². The predicted molar refractivity (Wildman–Crippen MR) is 83.6 cm³/mol. The summed E-state index contributed by atoms with van der Waals surface area (Å²) in [5, 5.41) is 0. The monoisotopic (exact) mass is 307 g/mol. The zero-order valence-corrected chi connectivity index (χ0v) is 13.5. The number of nitrogens with zero attached hydrogens (tertiary/aromatic N) is 1. The largest absolute Gasteiger partial charge is 0.383 e. The highest BCUT2D eigenvalue weighted by Crippen LogP contribution is 2.30. The summed E-state index contributed by atoms with van der Waals surface area (Å²) in [6.07, 6.45) is 1.27. The number of hydrogen-bond donors (Lipinski definition) is 0. The summed E-state index contributed by atoms with van der Waals surface area (Å²) in [6, 6.07) is 9.75. The van der Waals surface area contributed by atoms with Crippen molar-refractivity contribution in [1.29, 1.82) is 0 Å². The lowest BCUT2D eigenvalue weighted by Crippen LogP contribution is -2.47. The van der Waals surface area contributed by atoms with Crippen LogP contribution in [0.15, 0.2) is 30.3 Å². The molecule has 1 saturated heterocycles. The van der Waals surface area contributed by atoms with Gasteiger partial charge in [0.25, 0.3) is 5.91 Å². The molecule has 1 amide bonds. The van der Waals surface area contributed by atoms with Gasteiger partial charge in [-0.25, -0.2) is 0 Å². The van der Waals surface area contributed by atoms with Gasteiger partial charge in [0.1, 0.15) is 0 Å². The van der Waals surface area contributed by atoms with E-state index >= 15 is 0 Å². The van der Waals surface area contributed by atoms with Crippen LogP contribution >= 0.6 is 0 Å². The molecule has 0 saturated carbocycles. The quantitative estimate of drug-likeness (QED) is 0.773. The number of benzene rings is 1. The number of methoxy groups -OCH3 is 3. The number of likely N-dealkylation sites (tertiary alicyclic amines) is 1. The van der Waals surface area contributed by atoms with Crippen LogP contribution in [0.1, 0.15) is 24.5 Å². The first-order chi connectivity index (χ1) is 10.7. The summed E-state index contributed by atoms with van der Waals surface area (Å²) in [5.74, 6) is -0.0182. The number of amides is 1. The van der Waals surface area contributed by atoms with E-state index in [1.807, 2.05) is 35.2 Å². The Balaban J connectivity index is 2.21. The minimum absolute atomic E-state index is 0.0182. The van der Waals surface area contributed by atoms with Gasteiger partial charge in [0, 0.05) is 21.3 Å². The second kappa shape index (κ2) is 8.27. The molecule has 1 aromatic rings. The molecule has 0 spiro atoms. The minimum atomic E-state index is -0.585. The van der Waals surface area contributed by atoms with Gasteiger partial charge in [-0.2, -0.15) is 0 Å². The van der Waals surface area contributed by atoms with Crippen LogP contribution in [0.5, 0.6) is 0 Å². The molecule has 1 heterocycles. The second-order valence-corrected chi connectivity index (χ2v) is 5.57. The van der Waals surface area contributed by atoms with Crippen LogP contribution in [-0.4, -0.2) is 57.4 Å². The van der Waals surface area contributed by atoms with Crippen LogP contribution < -0.4 is 0 Å². The lowest BCUT2D eigenvalue weighted by atomic mass is 10.1. The molecule has 0 unspecified atom stereocenters. The van der Waals surface area contributed by atoms with Crippen molar-refractivity contribution in [3.05, 3.63) is 35.9 Å². The molecule has 0 N–H and O–H groups in total. The number of rotatable bonds is 7. The third kappa shape index (κ3) is 3.66. The Hall–Kier alpha value is -1.43. The van der Waals surface area contributed by atoms with Gasteiger partial charge in [-0.05, 0) is 18.4 Å². The summed E-state index contributed by atoms with van der Waals surface area (Å²) in [4.78, 5) is 14.9. The Morgan fingerprint density at radius 1 is 1.09 bits per heavy atom. The first-order valence-electron chi connectivity index (χ1n) is 7.60. The molecular formula is C17H25NO4. The minimum Gasteiger partial charge on any atom is -0.383 e. The highest BCUT2D eigenvalue weighted by Gasteiger charge is 2.40. The summed E-state index contributed by atoms with van der Waals surface area (Å²) in [5.41, 5.74) is 0.870. The van der Waals surface area contributed by atoms with Gasteiger partial charge >= 0.3 is 0 Å². The van der Waals surface area contributed by atoms with Gasteiger partial charge in [0.2, 0.25) is 0 Å². The van der Waals surface area contributed by atoms with E-state index in [0.29, 0.717) is 13.2 Å². The third-order valence-electron chi connectivity index (χ3n) is 4.15. The molecule has 5 nitrogen and oxygen atoms in total. The summed E-state index contributed by atoms with van der Waals surface area (Å²) in [7, 11) is 4.90. The Morgan fingerprint density at radius 2 is 1.64 bits per heavy atom. The maximum Gasteiger partial charge on any atom is 0.256 e. The molecule has 1 aliphatic rings. The Labute approximate surface area is 132 Å². The highest BCUT2D eigenvalue weighted by molar-refractivity contribution is 5.83. The summed E-state index contributed by atoms with van der Waals surface area (Å²) < 4.78 is 16.0. The van der Waals surface area contributed by atoms with Crippen molar-refractivity contribution in [1.82, 2.24) is 4.90 Å². The fourth-order valence-corrected chi connectivity index (χ4v) is 3.18. The molecule has 0 aromatic heterocycles. The van der Waals surface area contributed by atoms with E-state index in [4.69, 9.17) is 14.2 Å². The highest BCUT2D eigenvalue weighted by atomic mass is 16.5. The van der Waals surface area contributed by atoms with Gasteiger partial charge in [-0.3, -0.25) is 4.79 Å². The lowest BCUT2D eigenvalue weighted by molar-refractivity contribution is -0.147. The molecule has 5 heteroatoms. The van der Waals surface area contributed by atoms with Crippen LogP contribution in [0.4, 0.5) is 0 Å². The van der Waals surface area contributed by atoms with Crippen LogP contribution in [0.25, 0.3) is 0 Å². The van der Waals surface area contributed by atoms with Crippen molar-refractivity contribution >= 4 is 5.91 Å². The van der Waals surface area contributed by atoms with Crippen LogP contribution in [0, 0.1) is 0 Å². The lowest BCUT2D eigenvalue weighted by Gasteiger charge is -2.32. The average molecular weight is 307 g/mol. The second-order valence-electron chi connectivity index (χ2n) is 5.57. The van der Waals surface area contributed by atoms with E-state index in [9.17, 15) is 4.79 Å². The average Bonchev–Trinajstić information content (AvgIpc) is 2.92. The smallest absolute Gasteiger partial charge is 0.256 e. The zero-order chi connectivity index (χ0) is 15.9. The van der Waals surface area contributed by atoms with Crippen molar-refractivity contribution in [2.24, 2.45) is 0 Å². The van der Waals surface area contributed by atoms with Crippen molar-refractivity contribution in [3.63, 3.8) is 0 Å². The maximum atomic E-state index is 13.0. The maximum absolute atomic E-state index is 13.0. The number of carbonyl (C=O) groups excluding carboxylic acids is 1. The zero-order valence-electron chi connectivity index (χ0n) is 13.5. The van der Waals surface area contributed by atoms with Crippen molar-refractivity contribution in [3.8, 4) is 0 Å². The van der Waals surface area contributed by atoms with E-state index < -0.39 is 6.10 Å². The first-order valence-corrected chi connectivity index (χ1v) is 7.60. The van der Waals surface area contributed by atoms with Gasteiger partial charge in [0.05, 0.1) is 25.3 Å². The Kier molecular flexibility index (Phi) is 6.36. The molecule has 1 aromatic carbocycles. The Morgan fingerprint density at radius 3 is 2.09 bits per heavy atom. The third-order valence-corrected chi connectivity index (χ3v) is 4.15. The van der Waals surface area contributed by atoms with Crippen molar-refractivity contribution in [2.45, 2.75) is 31.0 Å². The number of carbonyl (C=O) groups is 1. The van der Waals surface area contributed by atoms with Crippen molar-refractivity contribution < 1.29 is 19.0 Å². The van der Waals surface area contributed by atoms with Crippen LogP contribution in [0.2, 0.25) is 0 Å². The van der Waals surface area contributed by atoms with Crippen LogP contribution in [0.3, 0.4) is 0 Å². The van der Waals surface area contributed by atoms with Gasteiger partial charge in [-0.1, -0.05) is 30.3 Å². The fourth-order valence-electron chi connectivity index (χ4n) is 3.18. The van der Waals surface area contributed by atoms with Gasteiger partial charge in [-0.15, -0.1) is 0 Å². The fraction of sp³-hybridized carbons (Fsp3) is 0.588. The van der Waals surface area contributed by atoms with E-state index in [2.05, 4.69) is 0 Å². The SMILES string of the molecule is COC[C@H]1CC[C@@H](COC)N1C(=O)[C@@H](OC)c1ccccc1. The first kappa shape index (κ1) is 16.9. The molecule has 122 valence electrons. The molecule has 22 heavy (non-hydrogen) atoms. The molecule has 3 atom stereocenters. The number of ether oxygens (including phenoxy) is 3. The van der Waals surface area contributed by atoms with E-state index in [0.717, 1.165) is 18.4 Å². The van der Waals surface area contributed by atoms with E-state index in [1.165, 1.54) is 0 Å². The predicted octanol–water partition coefficient (Wildman–Crippen LogP) is 2.03. The normalized spacial score (nSPS) is 22.8. The molecule has 0 radical (unpaired) electrons. The molecule has 2 rings (SSSR count). The standard InChI is InChI=1S/C17H25NO4/c1-20-11-14-9-10-15(12-21-2)18(14)17(19)16(22-3)13-7-5-4-6-8-13/h4-8,14-16H,9-12H2,1-3H3/t14-,15+,16-/m0/s1. The molecule has 1 fully saturated rings. The van der Waals surface area contributed by atoms with Crippen LogP contribution in [-0.2, 0) is 19.0 Å². The van der Waals surface area contributed by atoms with Gasteiger partial charge in [0.15, 0.2) is 6.10 Å². The van der Waals surface area contributed by atoms with Crippen molar-refractivity contribution in [2.75, 3.05) is 34.5 Å². The number of hydrogen-bond acceptors (Lipinski definition) is 4. The van der Waals surface area contributed by atoms with Gasteiger partial charge < -0.3 is 19.1 Å². The molecule has 1 aliphatic heterocycles. The van der Waals surface area contributed by atoms with E-state index in [-0.39, 0.29) is 18.0 Å².